The highest BCUT2D eigenvalue weighted by Crippen LogP contribution is 2.23. The van der Waals surface area contributed by atoms with Gasteiger partial charge in [0.05, 0.1) is 6.20 Å². The molecule has 96 valence electrons. The number of nitrogen functional groups attached to an aromatic ring is 1. The number of fused-ring (bicyclic) bond motifs is 1. The van der Waals surface area contributed by atoms with Crippen LogP contribution in [0, 0.1) is 0 Å². The Kier molecular flexibility index (Phi) is 2.59. The van der Waals surface area contributed by atoms with Crippen LogP contribution >= 0.6 is 0 Å². The molecule has 0 amide bonds. The summed E-state index contributed by atoms with van der Waals surface area (Å²) in [6.07, 6.45) is 5.48. The van der Waals surface area contributed by atoms with Crippen molar-refractivity contribution in [2.24, 2.45) is 0 Å². The Morgan fingerprint density at radius 3 is 3.00 bits per heavy atom. The molecule has 18 heavy (non-hydrogen) atoms. The first kappa shape index (κ1) is 11.3. The Labute approximate surface area is 106 Å². The van der Waals surface area contributed by atoms with E-state index in [1.54, 1.807) is 12.4 Å². The number of imidazole rings is 1. The fourth-order valence-corrected chi connectivity index (χ4v) is 2.58. The molecule has 2 N–H and O–H groups in total. The number of likely N-dealkylation sites (N-methyl/N-ethyl adjacent to an activating group) is 1. The fraction of sp³-hybridized carbons (Fsp3) is 0.500. The zero-order valence-corrected chi connectivity index (χ0v) is 10.7. The van der Waals surface area contributed by atoms with E-state index in [1.165, 1.54) is 0 Å². The van der Waals surface area contributed by atoms with Crippen molar-refractivity contribution in [1.82, 2.24) is 19.3 Å². The van der Waals surface area contributed by atoms with Gasteiger partial charge < -0.3 is 19.9 Å². The molecule has 2 aromatic heterocycles. The molecule has 0 spiro atoms. The molecule has 0 saturated carbocycles. The molecule has 1 fully saturated rings. The lowest BCUT2D eigenvalue weighted by Crippen LogP contribution is -2.51. The molecule has 0 aliphatic carbocycles. The lowest BCUT2D eigenvalue weighted by atomic mass is 10.2. The SMILES string of the molecule is CC1CN(C)CCN1c1nc(N)cn2ccnc12. The van der Waals surface area contributed by atoms with Crippen LogP contribution in [0.1, 0.15) is 6.92 Å². The standard InChI is InChI=1S/C12H18N6/c1-9-7-16(2)5-6-18(9)12-11-14-3-4-17(11)8-10(13)15-12/h3-4,8-9H,5-7,13H2,1-2H3. The Hall–Kier alpha value is -1.82. The summed E-state index contributed by atoms with van der Waals surface area (Å²) in [6, 6.07) is 0.415. The maximum atomic E-state index is 5.87. The average Bonchev–Trinajstić information content (AvgIpc) is 2.76. The van der Waals surface area contributed by atoms with Crippen LogP contribution < -0.4 is 10.6 Å². The van der Waals surface area contributed by atoms with Gasteiger partial charge in [0.1, 0.15) is 5.82 Å². The summed E-state index contributed by atoms with van der Waals surface area (Å²) in [5.74, 6) is 1.42. The van der Waals surface area contributed by atoms with Gasteiger partial charge in [0.2, 0.25) is 0 Å². The third kappa shape index (κ3) is 1.78. The quantitative estimate of drug-likeness (QED) is 0.791. The van der Waals surface area contributed by atoms with E-state index in [-0.39, 0.29) is 0 Å². The second-order valence-electron chi connectivity index (χ2n) is 4.95. The zero-order chi connectivity index (χ0) is 12.7. The molecule has 3 heterocycles. The zero-order valence-electron chi connectivity index (χ0n) is 10.7. The predicted molar refractivity (Wildman–Crippen MR) is 71.7 cm³/mol. The van der Waals surface area contributed by atoms with E-state index in [0.717, 1.165) is 31.1 Å². The first-order valence-corrected chi connectivity index (χ1v) is 6.19. The van der Waals surface area contributed by atoms with Crippen LogP contribution in [0.25, 0.3) is 5.65 Å². The summed E-state index contributed by atoms with van der Waals surface area (Å²) in [5, 5.41) is 0. The number of nitrogens with two attached hydrogens (primary N) is 1. The van der Waals surface area contributed by atoms with Gasteiger partial charge in [-0.25, -0.2) is 9.97 Å². The summed E-state index contributed by atoms with van der Waals surface area (Å²) in [6.45, 7) is 5.23. The highest BCUT2D eigenvalue weighted by molar-refractivity contribution is 5.67. The lowest BCUT2D eigenvalue weighted by Gasteiger charge is -2.39. The summed E-state index contributed by atoms with van der Waals surface area (Å²) in [4.78, 5) is 13.5. The normalized spacial score (nSPS) is 21.7. The van der Waals surface area contributed by atoms with Gasteiger partial charge in [-0.05, 0) is 14.0 Å². The van der Waals surface area contributed by atoms with Gasteiger partial charge in [-0.15, -0.1) is 0 Å². The van der Waals surface area contributed by atoms with Gasteiger partial charge in [-0.2, -0.15) is 0 Å². The fourth-order valence-electron chi connectivity index (χ4n) is 2.58. The van der Waals surface area contributed by atoms with Gasteiger partial charge in [-0.1, -0.05) is 0 Å². The molecule has 6 nitrogen and oxygen atoms in total. The largest absolute Gasteiger partial charge is 0.382 e. The van der Waals surface area contributed by atoms with Gasteiger partial charge in [0.25, 0.3) is 0 Å². The number of aromatic nitrogens is 3. The predicted octanol–water partition coefficient (Wildman–Crippen LogP) is 0.452. The van der Waals surface area contributed by atoms with Gasteiger partial charge >= 0.3 is 0 Å². The number of anilines is 2. The Bertz CT molecular complexity index is 563. The van der Waals surface area contributed by atoms with E-state index in [0.29, 0.717) is 11.9 Å². The number of hydrogen-bond donors (Lipinski definition) is 1. The summed E-state index contributed by atoms with van der Waals surface area (Å²) >= 11 is 0. The molecule has 1 atom stereocenters. The van der Waals surface area contributed by atoms with Crippen molar-refractivity contribution in [3.63, 3.8) is 0 Å². The molecular formula is C12H18N6. The lowest BCUT2D eigenvalue weighted by molar-refractivity contribution is 0.275. The second kappa shape index (κ2) is 4.13. The second-order valence-corrected chi connectivity index (χ2v) is 4.95. The van der Waals surface area contributed by atoms with Crippen LogP contribution in [0.4, 0.5) is 11.6 Å². The summed E-state index contributed by atoms with van der Waals surface area (Å²) in [7, 11) is 2.14. The van der Waals surface area contributed by atoms with E-state index in [1.807, 2.05) is 10.6 Å². The monoisotopic (exact) mass is 246 g/mol. The molecule has 1 aliphatic heterocycles. The van der Waals surface area contributed by atoms with Crippen LogP contribution in [0.2, 0.25) is 0 Å². The minimum Gasteiger partial charge on any atom is -0.382 e. The molecule has 3 rings (SSSR count). The average molecular weight is 246 g/mol. The van der Waals surface area contributed by atoms with Crippen LogP contribution in [-0.2, 0) is 0 Å². The van der Waals surface area contributed by atoms with Crippen molar-refractivity contribution in [2.45, 2.75) is 13.0 Å². The van der Waals surface area contributed by atoms with E-state index in [4.69, 9.17) is 5.73 Å². The first-order valence-electron chi connectivity index (χ1n) is 6.19. The van der Waals surface area contributed by atoms with E-state index >= 15 is 0 Å². The maximum Gasteiger partial charge on any atom is 0.180 e. The van der Waals surface area contributed by atoms with Crippen LogP contribution in [-0.4, -0.2) is 52.0 Å². The van der Waals surface area contributed by atoms with E-state index in [2.05, 4.69) is 33.7 Å². The third-order valence-corrected chi connectivity index (χ3v) is 3.48. The third-order valence-electron chi connectivity index (χ3n) is 3.48. The highest BCUT2D eigenvalue weighted by atomic mass is 15.3. The topological polar surface area (TPSA) is 62.7 Å². The van der Waals surface area contributed by atoms with Crippen LogP contribution in [0.15, 0.2) is 18.6 Å². The minimum atomic E-state index is 0.415. The van der Waals surface area contributed by atoms with Crippen molar-refractivity contribution in [1.29, 1.82) is 0 Å². The molecule has 0 bridgehead atoms. The van der Waals surface area contributed by atoms with Gasteiger partial charge in [0.15, 0.2) is 11.5 Å². The smallest absolute Gasteiger partial charge is 0.180 e. The van der Waals surface area contributed by atoms with Crippen LogP contribution in [0.5, 0.6) is 0 Å². The molecular weight excluding hydrogens is 228 g/mol. The Morgan fingerprint density at radius 2 is 2.22 bits per heavy atom. The minimum absolute atomic E-state index is 0.415. The highest BCUT2D eigenvalue weighted by Gasteiger charge is 2.25. The van der Waals surface area contributed by atoms with Crippen molar-refractivity contribution >= 4 is 17.3 Å². The van der Waals surface area contributed by atoms with Crippen molar-refractivity contribution < 1.29 is 0 Å². The molecule has 0 aromatic carbocycles. The summed E-state index contributed by atoms with van der Waals surface area (Å²) < 4.78 is 1.93. The molecule has 6 heteroatoms. The maximum absolute atomic E-state index is 5.87. The Balaban J connectivity index is 2.05. The van der Waals surface area contributed by atoms with Crippen molar-refractivity contribution in [3.05, 3.63) is 18.6 Å². The number of hydrogen-bond acceptors (Lipinski definition) is 5. The molecule has 1 unspecified atom stereocenters. The van der Waals surface area contributed by atoms with Crippen molar-refractivity contribution in [3.8, 4) is 0 Å². The number of nitrogens with zero attached hydrogens (tertiary/aromatic N) is 5. The van der Waals surface area contributed by atoms with Gasteiger partial charge in [-0.3, -0.25) is 0 Å². The van der Waals surface area contributed by atoms with E-state index in [9.17, 15) is 0 Å². The van der Waals surface area contributed by atoms with Crippen molar-refractivity contribution in [2.75, 3.05) is 37.3 Å². The number of piperazine rings is 1. The van der Waals surface area contributed by atoms with Gasteiger partial charge in [0, 0.05) is 38.1 Å². The molecule has 1 aliphatic rings. The van der Waals surface area contributed by atoms with Crippen LogP contribution in [0.3, 0.4) is 0 Å². The molecule has 0 radical (unpaired) electrons. The van der Waals surface area contributed by atoms with E-state index < -0.39 is 0 Å². The molecule has 2 aromatic rings. The molecule has 1 saturated heterocycles. The summed E-state index contributed by atoms with van der Waals surface area (Å²) in [5.41, 5.74) is 6.74. The first-order chi connectivity index (χ1) is 8.65. The number of rotatable bonds is 1. The Morgan fingerprint density at radius 1 is 1.39 bits per heavy atom.